The van der Waals surface area contributed by atoms with E-state index < -0.39 is 5.97 Å². The van der Waals surface area contributed by atoms with Crippen molar-refractivity contribution < 1.29 is 19.8 Å². The van der Waals surface area contributed by atoms with Gasteiger partial charge >= 0.3 is 12.0 Å². The smallest absolute Gasteiger partial charge is 0.320 e. The largest absolute Gasteiger partial charge is 0.481 e. The second kappa shape index (κ2) is 8.81. The summed E-state index contributed by atoms with van der Waals surface area (Å²) in [5, 5.41) is 17.5. The number of carboxylic acids is 1. The zero-order chi connectivity index (χ0) is 13.3. The van der Waals surface area contributed by atoms with Gasteiger partial charge in [0.05, 0.1) is 13.0 Å². The summed E-state index contributed by atoms with van der Waals surface area (Å²) in [5.74, 6) is -0.916. The van der Waals surface area contributed by atoms with Gasteiger partial charge in [0, 0.05) is 26.2 Å². The first-order chi connectivity index (χ1) is 8.06. The van der Waals surface area contributed by atoms with Crippen molar-refractivity contribution in [2.75, 3.05) is 32.8 Å². The maximum absolute atomic E-state index is 12.0. The standard InChI is InChI=1S/C11H22N2O4/c1-3-6-13(8-9-14)11(17)12(4-2)7-5-10(15)16/h14H,3-9H2,1-2H3,(H,15,16). The molecule has 6 nitrogen and oxygen atoms in total. The number of aliphatic carboxylic acids is 1. The number of amides is 2. The number of carbonyl (C=O) groups excluding carboxylic acids is 1. The number of nitrogens with zero attached hydrogens (tertiary/aromatic N) is 2. The lowest BCUT2D eigenvalue weighted by atomic mass is 10.3. The van der Waals surface area contributed by atoms with Crippen molar-refractivity contribution in [2.45, 2.75) is 26.7 Å². The van der Waals surface area contributed by atoms with Crippen LogP contribution in [0.5, 0.6) is 0 Å². The maximum atomic E-state index is 12.0. The molecule has 0 aliphatic carbocycles. The summed E-state index contributed by atoms with van der Waals surface area (Å²) in [7, 11) is 0. The number of carboxylic acid groups (broad SMARTS) is 1. The van der Waals surface area contributed by atoms with Crippen molar-refractivity contribution in [2.24, 2.45) is 0 Å². The first-order valence-electron chi connectivity index (χ1n) is 5.93. The molecule has 0 aromatic carbocycles. The van der Waals surface area contributed by atoms with Crippen LogP contribution in [0, 0.1) is 0 Å². The summed E-state index contributed by atoms with van der Waals surface area (Å²) in [4.78, 5) is 25.5. The number of rotatable bonds is 8. The van der Waals surface area contributed by atoms with Crippen LogP contribution >= 0.6 is 0 Å². The molecular weight excluding hydrogens is 224 g/mol. The predicted molar refractivity (Wildman–Crippen MR) is 63.8 cm³/mol. The van der Waals surface area contributed by atoms with Gasteiger partial charge in [0.15, 0.2) is 0 Å². The third kappa shape index (κ3) is 6.11. The second-order valence-electron chi connectivity index (χ2n) is 3.72. The van der Waals surface area contributed by atoms with Gasteiger partial charge in [0.2, 0.25) is 0 Å². The molecule has 0 radical (unpaired) electrons. The minimum Gasteiger partial charge on any atom is -0.481 e. The third-order valence-corrected chi connectivity index (χ3v) is 2.38. The lowest BCUT2D eigenvalue weighted by molar-refractivity contribution is -0.137. The Balaban J connectivity index is 4.40. The van der Waals surface area contributed by atoms with E-state index >= 15 is 0 Å². The molecule has 0 aliphatic rings. The van der Waals surface area contributed by atoms with Gasteiger partial charge in [-0.15, -0.1) is 0 Å². The molecule has 0 saturated carbocycles. The third-order valence-electron chi connectivity index (χ3n) is 2.38. The molecule has 0 rings (SSSR count). The number of hydrogen-bond acceptors (Lipinski definition) is 3. The van der Waals surface area contributed by atoms with Crippen LogP contribution in [0.25, 0.3) is 0 Å². The Morgan fingerprint density at radius 3 is 2.12 bits per heavy atom. The Kier molecular flexibility index (Phi) is 8.13. The zero-order valence-electron chi connectivity index (χ0n) is 10.6. The van der Waals surface area contributed by atoms with Crippen molar-refractivity contribution in [3.63, 3.8) is 0 Å². The zero-order valence-corrected chi connectivity index (χ0v) is 10.6. The first kappa shape index (κ1) is 15.7. The SMILES string of the molecule is CCCN(CCO)C(=O)N(CC)CCC(=O)O. The summed E-state index contributed by atoms with van der Waals surface area (Å²) in [5.41, 5.74) is 0. The molecule has 0 atom stereocenters. The van der Waals surface area contributed by atoms with Crippen LogP contribution in [0.1, 0.15) is 26.7 Å². The monoisotopic (exact) mass is 246 g/mol. The molecule has 0 aliphatic heterocycles. The van der Waals surface area contributed by atoms with Gasteiger partial charge in [0.1, 0.15) is 0 Å². The van der Waals surface area contributed by atoms with E-state index in [1.54, 1.807) is 4.90 Å². The molecule has 6 heteroatoms. The highest BCUT2D eigenvalue weighted by atomic mass is 16.4. The van der Waals surface area contributed by atoms with E-state index in [0.29, 0.717) is 13.1 Å². The Hall–Kier alpha value is -1.30. The van der Waals surface area contributed by atoms with Gasteiger partial charge in [-0.3, -0.25) is 4.79 Å². The fraction of sp³-hybridized carbons (Fsp3) is 0.818. The van der Waals surface area contributed by atoms with Gasteiger partial charge < -0.3 is 20.0 Å². The highest BCUT2D eigenvalue weighted by Gasteiger charge is 2.19. The average Bonchev–Trinajstić information content (AvgIpc) is 2.29. The molecule has 0 unspecified atom stereocenters. The van der Waals surface area contributed by atoms with E-state index in [1.165, 1.54) is 4.90 Å². The number of aliphatic hydroxyl groups is 1. The van der Waals surface area contributed by atoms with Crippen molar-refractivity contribution >= 4 is 12.0 Å². The molecule has 0 aromatic rings. The number of urea groups is 1. The fourth-order valence-corrected chi connectivity index (χ4v) is 1.51. The van der Waals surface area contributed by atoms with Crippen molar-refractivity contribution in [3.8, 4) is 0 Å². The van der Waals surface area contributed by atoms with Crippen LogP contribution in [0.2, 0.25) is 0 Å². The van der Waals surface area contributed by atoms with Crippen LogP contribution in [0.4, 0.5) is 4.79 Å². The first-order valence-corrected chi connectivity index (χ1v) is 5.93. The molecule has 2 amide bonds. The van der Waals surface area contributed by atoms with E-state index in [2.05, 4.69) is 0 Å². The summed E-state index contributed by atoms with van der Waals surface area (Å²) in [6, 6.07) is -0.204. The van der Waals surface area contributed by atoms with E-state index in [9.17, 15) is 9.59 Å². The molecule has 0 heterocycles. The van der Waals surface area contributed by atoms with Gasteiger partial charge in [0.25, 0.3) is 0 Å². The molecule has 0 aromatic heterocycles. The van der Waals surface area contributed by atoms with E-state index in [0.717, 1.165) is 6.42 Å². The van der Waals surface area contributed by atoms with E-state index in [-0.39, 0.29) is 32.1 Å². The fourth-order valence-electron chi connectivity index (χ4n) is 1.51. The highest BCUT2D eigenvalue weighted by Crippen LogP contribution is 2.02. The Labute approximate surface area is 102 Å². The number of aliphatic hydroxyl groups excluding tert-OH is 1. The van der Waals surface area contributed by atoms with Crippen molar-refractivity contribution in [1.29, 1.82) is 0 Å². The number of carbonyl (C=O) groups is 2. The topological polar surface area (TPSA) is 81.1 Å². The van der Waals surface area contributed by atoms with Gasteiger partial charge in [-0.2, -0.15) is 0 Å². The van der Waals surface area contributed by atoms with Crippen LogP contribution in [-0.2, 0) is 4.79 Å². The van der Waals surface area contributed by atoms with Gasteiger partial charge in [-0.05, 0) is 13.3 Å². The summed E-state index contributed by atoms with van der Waals surface area (Å²) in [6.45, 7) is 5.21. The van der Waals surface area contributed by atoms with Crippen LogP contribution in [0.15, 0.2) is 0 Å². The van der Waals surface area contributed by atoms with Crippen LogP contribution in [-0.4, -0.2) is 64.8 Å². The summed E-state index contributed by atoms with van der Waals surface area (Å²) < 4.78 is 0. The average molecular weight is 246 g/mol. The van der Waals surface area contributed by atoms with Crippen LogP contribution < -0.4 is 0 Å². The molecule has 0 spiro atoms. The van der Waals surface area contributed by atoms with E-state index in [4.69, 9.17) is 10.2 Å². The Morgan fingerprint density at radius 1 is 1.06 bits per heavy atom. The molecule has 17 heavy (non-hydrogen) atoms. The lowest BCUT2D eigenvalue weighted by Crippen LogP contribution is -2.45. The number of hydrogen-bond donors (Lipinski definition) is 2. The predicted octanol–water partition coefficient (Wildman–Crippen LogP) is 0.607. The normalized spacial score (nSPS) is 10.1. The molecule has 0 saturated heterocycles. The minimum atomic E-state index is -0.916. The Bertz CT molecular complexity index is 240. The van der Waals surface area contributed by atoms with Crippen molar-refractivity contribution in [1.82, 2.24) is 9.80 Å². The van der Waals surface area contributed by atoms with Gasteiger partial charge in [-0.1, -0.05) is 6.92 Å². The summed E-state index contributed by atoms with van der Waals surface area (Å²) >= 11 is 0. The molecular formula is C11H22N2O4. The van der Waals surface area contributed by atoms with Gasteiger partial charge in [-0.25, -0.2) is 4.79 Å². The van der Waals surface area contributed by atoms with Crippen LogP contribution in [0.3, 0.4) is 0 Å². The lowest BCUT2D eigenvalue weighted by Gasteiger charge is -2.29. The molecule has 2 N–H and O–H groups in total. The summed E-state index contributed by atoms with van der Waals surface area (Å²) in [6.07, 6.45) is 0.751. The second-order valence-corrected chi connectivity index (χ2v) is 3.72. The molecule has 100 valence electrons. The molecule has 0 fully saturated rings. The quantitative estimate of drug-likeness (QED) is 0.657. The minimum absolute atomic E-state index is 0.0569. The highest BCUT2D eigenvalue weighted by molar-refractivity contribution is 5.75. The van der Waals surface area contributed by atoms with E-state index in [1.807, 2.05) is 13.8 Å². The van der Waals surface area contributed by atoms with Crippen molar-refractivity contribution in [3.05, 3.63) is 0 Å². The molecule has 0 bridgehead atoms. The maximum Gasteiger partial charge on any atom is 0.320 e. The Morgan fingerprint density at radius 2 is 1.71 bits per heavy atom.